The van der Waals surface area contributed by atoms with Crippen molar-refractivity contribution in [3.8, 4) is 11.1 Å². The molecule has 4 nitrogen and oxygen atoms in total. The smallest absolute Gasteiger partial charge is 0.226 e. The maximum atomic E-state index is 12.5. The van der Waals surface area contributed by atoms with E-state index in [1.54, 1.807) is 24.3 Å². The normalized spacial score (nSPS) is 10.6. The Labute approximate surface area is 172 Å². The summed E-state index contributed by atoms with van der Waals surface area (Å²) < 4.78 is 0. The standard InChI is InChI=1S/C25H26N2O2/c1-4-25(29)27(3)22-12-13-23(18(2)16-22)20-8-10-21(11-9-20)24(28)14-7-19-6-5-15-26-17-19/h5-6,8-13,15-17H,4,7,14H2,1-3H3. The minimum atomic E-state index is 0.0892. The number of rotatable bonds is 7. The number of hydrogen-bond acceptors (Lipinski definition) is 3. The van der Waals surface area contributed by atoms with Crippen LogP contribution >= 0.6 is 0 Å². The fourth-order valence-corrected chi connectivity index (χ4v) is 3.35. The molecule has 1 amide bonds. The highest BCUT2D eigenvalue weighted by Crippen LogP contribution is 2.28. The highest BCUT2D eigenvalue weighted by atomic mass is 16.2. The van der Waals surface area contributed by atoms with E-state index in [1.165, 1.54) is 0 Å². The van der Waals surface area contributed by atoms with Crippen LogP contribution in [0.25, 0.3) is 11.1 Å². The number of carbonyl (C=O) groups excluding carboxylic acids is 2. The van der Waals surface area contributed by atoms with Crippen LogP contribution in [0.2, 0.25) is 0 Å². The van der Waals surface area contributed by atoms with Gasteiger partial charge in [-0.15, -0.1) is 0 Å². The van der Waals surface area contributed by atoms with Crippen LogP contribution in [0.5, 0.6) is 0 Å². The highest BCUT2D eigenvalue weighted by Gasteiger charge is 2.12. The zero-order chi connectivity index (χ0) is 20.8. The summed E-state index contributed by atoms with van der Waals surface area (Å²) in [5, 5.41) is 0. The largest absolute Gasteiger partial charge is 0.316 e. The van der Waals surface area contributed by atoms with Crippen LogP contribution in [0.3, 0.4) is 0 Å². The fraction of sp³-hybridized carbons (Fsp3) is 0.240. The summed E-state index contributed by atoms with van der Waals surface area (Å²) in [5.41, 5.74) is 5.93. The molecule has 3 aromatic rings. The first-order valence-corrected chi connectivity index (χ1v) is 9.89. The molecule has 0 saturated carbocycles. The third-order valence-electron chi connectivity index (χ3n) is 5.16. The van der Waals surface area contributed by atoms with E-state index in [-0.39, 0.29) is 11.7 Å². The lowest BCUT2D eigenvalue weighted by Crippen LogP contribution is -2.25. The molecule has 0 spiro atoms. The second-order valence-electron chi connectivity index (χ2n) is 7.17. The SMILES string of the molecule is CCC(=O)N(C)c1ccc(-c2ccc(C(=O)CCc3cccnc3)cc2)c(C)c1. The van der Waals surface area contributed by atoms with Crippen LogP contribution in [-0.4, -0.2) is 23.7 Å². The van der Waals surface area contributed by atoms with Crippen molar-refractivity contribution < 1.29 is 9.59 Å². The molecule has 0 N–H and O–H groups in total. The van der Waals surface area contributed by atoms with E-state index >= 15 is 0 Å². The average molecular weight is 386 g/mol. The molecule has 0 bridgehead atoms. The Balaban J connectivity index is 1.71. The average Bonchev–Trinajstić information content (AvgIpc) is 2.77. The maximum absolute atomic E-state index is 12.5. The molecule has 2 aromatic carbocycles. The number of aromatic nitrogens is 1. The molecule has 0 aliphatic carbocycles. The maximum Gasteiger partial charge on any atom is 0.226 e. The van der Waals surface area contributed by atoms with Crippen LogP contribution < -0.4 is 4.90 Å². The zero-order valence-electron chi connectivity index (χ0n) is 17.2. The van der Waals surface area contributed by atoms with Gasteiger partial charge in [-0.25, -0.2) is 0 Å². The van der Waals surface area contributed by atoms with Crippen molar-refractivity contribution in [3.05, 3.63) is 83.7 Å². The van der Waals surface area contributed by atoms with E-state index in [0.717, 1.165) is 33.5 Å². The van der Waals surface area contributed by atoms with Gasteiger partial charge in [-0.3, -0.25) is 14.6 Å². The molecule has 0 fully saturated rings. The van der Waals surface area contributed by atoms with E-state index in [2.05, 4.69) is 4.98 Å². The Morgan fingerprint density at radius 1 is 1.03 bits per heavy atom. The monoisotopic (exact) mass is 386 g/mol. The number of amides is 1. The third-order valence-corrected chi connectivity index (χ3v) is 5.16. The number of aryl methyl sites for hydroxylation is 2. The summed E-state index contributed by atoms with van der Waals surface area (Å²) in [6.45, 7) is 3.90. The Hall–Kier alpha value is -3.27. The molecule has 0 aliphatic heterocycles. The molecule has 0 unspecified atom stereocenters. The van der Waals surface area contributed by atoms with Crippen molar-refractivity contribution in [2.24, 2.45) is 0 Å². The summed E-state index contributed by atoms with van der Waals surface area (Å²) in [5.74, 6) is 0.221. The first-order chi connectivity index (χ1) is 14.0. The van der Waals surface area contributed by atoms with Gasteiger partial charge in [0.2, 0.25) is 5.91 Å². The minimum Gasteiger partial charge on any atom is -0.316 e. The quantitative estimate of drug-likeness (QED) is 0.521. The zero-order valence-corrected chi connectivity index (χ0v) is 17.2. The van der Waals surface area contributed by atoms with Gasteiger partial charge >= 0.3 is 0 Å². The lowest BCUT2D eigenvalue weighted by atomic mass is 9.97. The lowest BCUT2D eigenvalue weighted by Gasteiger charge is -2.18. The topological polar surface area (TPSA) is 50.3 Å². The molecule has 0 saturated heterocycles. The molecule has 0 aliphatic rings. The molecule has 29 heavy (non-hydrogen) atoms. The molecular formula is C25H26N2O2. The number of pyridine rings is 1. The van der Waals surface area contributed by atoms with Crippen molar-refractivity contribution in [2.75, 3.05) is 11.9 Å². The number of Topliss-reactive ketones (excluding diaryl/α,β-unsaturated/α-hetero) is 1. The van der Waals surface area contributed by atoms with E-state index < -0.39 is 0 Å². The van der Waals surface area contributed by atoms with Gasteiger partial charge in [0.15, 0.2) is 5.78 Å². The molecule has 0 atom stereocenters. The second kappa shape index (κ2) is 9.28. The van der Waals surface area contributed by atoms with Gasteiger partial charge in [-0.05, 0) is 53.8 Å². The first kappa shape index (κ1) is 20.5. The Morgan fingerprint density at radius 2 is 1.79 bits per heavy atom. The van der Waals surface area contributed by atoms with Crippen LogP contribution in [0, 0.1) is 6.92 Å². The molecule has 1 aromatic heterocycles. The Bertz CT molecular complexity index is 995. The summed E-state index contributed by atoms with van der Waals surface area (Å²) in [6, 6.07) is 17.6. The van der Waals surface area contributed by atoms with E-state index in [9.17, 15) is 9.59 Å². The molecule has 148 valence electrons. The van der Waals surface area contributed by atoms with Crippen molar-refractivity contribution in [1.29, 1.82) is 0 Å². The van der Waals surface area contributed by atoms with Gasteiger partial charge in [-0.2, -0.15) is 0 Å². The number of ketones is 1. The fourth-order valence-electron chi connectivity index (χ4n) is 3.35. The van der Waals surface area contributed by atoms with Crippen LogP contribution in [0.15, 0.2) is 67.0 Å². The van der Waals surface area contributed by atoms with Crippen LogP contribution in [-0.2, 0) is 11.2 Å². The summed E-state index contributed by atoms with van der Waals surface area (Å²) in [4.78, 5) is 30.2. The van der Waals surface area contributed by atoms with Gasteiger partial charge in [0, 0.05) is 43.5 Å². The number of benzene rings is 2. The van der Waals surface area contributed by atoms with Gasteiger partial charge in [-0.1, -0.05) is 43.3 Å². The predicted octanol–water partition coefficient (Wildman–Crippen LogP) is 5.25. The van der Waals surface area contributed by atoms with Gasteiger partial charge in [0.1, 0.15) is 0 Å². The van der Waals surface area contributed by atoms with Gasteiger partial charge in [0.25, 0.3) is 0 Å². The van der Waals surface area contributed by atoms with Crippen molar-refractivity contribution in [3.63, 3.8) is 0 Å². The number of carbonyl (C=O) groups is 2. The van der Waals surface area contributed by atoms with Crippen LogP contribution in [0.4, 0.5) is 5.69 Å². The van der Waals surface area contributed by atoms with E-state index in [0.29, 0.717) is 19.3 Å². The number of nitrogens with zero attached hydrogens (tertiary/aromatic N) is 2. The third kappa shape index (κ3) is 4.96. The lowest BCUT2D eigenvalue weighted by molar-refractivity contribution is -0.118. The van der Waals surface area contributed by atoms with Crippen LogP contribution in [0.1, 0.15) is 41.3 Å². The first-order valence-electron chi connectivity index (χ1n) is 9.89. The van der Waals surface area contributed by atoms with Crippen molar-refractivity contribution >= 4 is 17.4 Å². The summed E-state index contributed by atoms with van der Waals surface area (Å²) in [6.07, 6.45) is 5.18. The predicted molar refractivity (Wildman–Crippen MR) is 117 cm³/mol. The summed E-state index contributed by atoms with van der Waals surface area (Å²) >= 11 is 0. The Kier molecular flexibility index (Phi) is 6.55. The Morgan fingerprint density at radius 3 is 2.41 bits per heavy atom. The van der Waals surface area contributed by atoms with Gasteiger partial charge in [0.05, 0.1) is 0 Å². The second-order valence-corrected chi connectivity index (χ2v) is 7.17. The molecule has 0 radical (unpaired) electrons. The minimum absolute atomic E-state index is 0.0892. The summed E-state index contributed by atoms with van der Waals surface area (Å²) in [7, 11) is 1.80. The molecule has 1 heterocycles. The van der Waals surface area contributed by atoms with Crippen molar-refractivity contribution in [1.82, 2.24) is 4.98 Å². The van der Waals surface area contributed by atoms with E-state index in [1.807, 2.05) is 68.4 Å². The molecule has 3 rings (SSSR count). The van der Waals surface area contributed by atoms with Crippen molar-refractivity contribution in [2.45, 2.75) is 33.1 Å². The van der Waals surface area contributed by atoms with E-state index in [4.69, 9.17) is 0 Å². The van der Waals surface area contributed by atoms with Gasteiger partial charge < -0.3 is 4.90 Å². The number of anilines is 1. The number of hydrogen-bond donors (Lipinski definition) is 0. The molecular weight excluding hydrogens is 360 g/mol. The highest BCUT2D eigenvalue weighted by molar-refractivity contribution is 5.97. The molecule has 4 heteroatoms.